The largest absolute Gasteiger partial charge is 0.481 e. The summed E-state index contributed by atoms with van der Waals surface area (Å²) >= 11 is 0. The third-order valence-corrected chi connectivity index (χ3v) is 3.08. The summed E-state index contributed by atoms with van der Waals surface area (Å²) < 4.78 is 27.9. The zero-order valence-electron chi connectivity index (χ0n) is 11.5. The summed E-state index contributed by atoms with van der Waals surface area (Å²) in [4.78, 5) is 11.0. The van der Waals surface area contributed by atoms with Crippen molar-refractivity contribution >= 4 is 5.97 Å². The molecule has 0 amide bonds. The fourth-order valence-electron chi connectivity index (χ4n) is 2.07. The molecular formula is C13H14F2N4O2. The van der Waals surface area contributed by atoms with Crippen molar-refractivity contribution in [2.75, 3.05) is 0 Å². The van der Waals surface area contributed by atoms with E-state index in [4.69, 9.17) is 5.11 Å². The highest BCUT2D eigenvalue weighted by Gasteiger charge is 2.24. The van der Waals surface area contributed by atoms with Crippen LogP contribution in [-0.2, 0) is 4.79 Å². The van der Waals surface area contributed by atoms with Crippen LogP contribution in [0.4, 0.5) is 8.78 Å². The maximum atomic E-state index is 13.3. The minimum atomic E-state index is -0.999. The zero-order valence-corrected chi connectivity index (χ0v) is 11.5. The second-order valence-electron chi connectivity index (χ2n) is 5.01. The molecule has 8 heteroatoms. The zero-order chi connectivity index (χ0) is 15.6. The van der Waals surface area contributed by atoms with E-state index < -0.39 is 23.6 Å². The van der Waals surface area contributed by atoms with Crippen molar-refractivity contribution in [2.45, 2.75) is 26.3 Å². The van der Waals surface area contributed by atoms with E-state index in [1.807, 2.05) is 13.8 Å². The van der Waals surface area contributed by atoms with E-state index in [1.165, 1.54) is 4.68 Å². The van der Waals surface area contributed by atoms with Gasteiger partial charge in [0.25, 0.3) is 0 Å². The summed E-state index contributed by atoms with van der Waals surface area (Å²) in [5, 5.41) is 20.0. The molecule has 0 saturated heterocycles. The SMILES string of the molecule is CC(C)C(CC(=O)O)n1nnnc1-c1cc(F)cc(F)c1. The number of carboxylic acid groups (broad SMARTS) is 1. The van der Waals surface area contributed by atoms with Gasteiger partial charge in [0.15, 0.2) is 5.82 Å². The molecule has 112 valence electrons. The lowest BCUT2D eigenvalue weighted by atomic mass is 10.0. The van der Waals surface area contributed by atoms with Gasteiger partial charge in [-0.05, 0) is 28.5 Å². The standard InChI is InChI=1S/C13H14F2N4O2/c1-7(2)11(6-12(20)21)19-13(16-17-18-19)8-3-9(14)5-10(15)4-8/h3-5,7,11H,6H2,1-2H3,(H,20,21). The van der Waals surface area contributed by atoms with Gasteiger partial charge in [-0.15, -0.1) is 5.10 Å². The van der Waals surface area contributed by atoms with Crippen LogP contribution in [0.2, 0.25) is 0 Å². The predicted molar refractivity (Wildman–Crippen MR) is 69.3 cm³/mol. The first-order chi connectivity index (χ1) is 9.88. The van der Waals surface area contributed by atoms with Crippen molar-refractivity contribution in [3.63, 3.8) is 0 Å². The topological polar surface area (TPSA) is 80.9 Å². The number of aliphatic carboxylic acids is 1. The van der Waals surface area contributed by atoms with E-state index in [-0.39, 0.29) is 23.7 Å². The molecule has 0 bridgehead atoms. The Balaban J connectivity index is 2.47. The molecule has 1 N–H and O–H groups in total. The van der Waals surface area contributed by atoms with E-state index in [0.29, 0.717) is 0 Å². The Morgan fingerprint density at radius 1 is 1.29 bits per heavy atom. The van der Waals surface area contributed by atoms with E-state index >= 15 is 0 Å². The monoisotopic (exact) mass is 296 g/mol. The van der Waals surface area contributed by atoms with Gasteiger partial charge in [-0.1, -0.05) is 13.8 Å². The molecule has 0 saturated carbocycles. The van der Waals surface area contributed by atoms with Gasteiger partial charge in [-0.25, -0.2) is 13.5 Å². The molecule has 0 radical (unpaired) electrons. The molecule has 1 unspecified atom stereocenters. The van der Waals surface area contributed by atoms with Gasteiger partial charge in [-0.3, -0.25) is 4.79 Å². The average molecular weight is 296 g/mol. The average Bonchev–Trinajstić information content (AvgIpc) is 2.82. The Hall–Kier alpha value is -2.38. The van der Waals surface area contributed by atoms with Crippen molar-refractivity contribution in [2.24, 2.45) is 5.92 Å². The number of hydrogen-bond acceptors (Lipinski definition) is 4. The lowest BCUT2D eigenvalue weighted by Crippen LogP contribution is -2.21. The predicted octanol–water partition coefficient (Wildman–Crippen LogP) is 2.29. The molecule has 0 aliphatic rings. The summed E-state index contributed by atoms with van der Waals surface area (Å²) in [6.45, 7) is 3.65. The summed E-state index contributed by atoms with van der Waals surface area (Å²) in [7, 11) is 0. The first-order valence-corrected chi connectivity index (χ1v) is 6.34. The van der Waals surface area contributed by atoms with Gasteiger partial charge in [0.05, 0.1) is 12.5 Å². The first-order valence-electron chi connectivity index (χ1n) is 6.34. The van der Waals surface area contributed by atoms with Crippen LogP contribution in [0.3, 0.4) is 0 Å². The second kappa shape index (κ2) is 5.94. The van der Waals surface area contributed by atoms with Gasteiger partial charge in [0.2, 0.25) is 0 Å². The number of carbonyl (C=O) groups is 1. The Morgan fingerprint density at radius 3 is 2.43 bits per heavy atom. The molecule has 2 aromatic rings. The van der Waals surface area contributed by atoms with Crippen molar-refractivity contribution < 1.29 is 18.7 Å². The highest BCUT2D eigenvalue weighted by atomic mass is 19.1. The van der Waals surface area contributed by atoms with Crippen LogP contribution in [0.25, 0.3) is 11.4 Å². The molecule has 0 spiro atoms. The highest BCUT2D eigenvalue weighted by Crippen LogP contribution is 2.27. The van der Waals surface area contributed by atoms with Crippen molar-refractivity contribution in [3.8, 4) is 11.4 Å². The Labute approximate surface area is 119 Å². The quantitative estimate of drug-likeness (QED) is 0.915. The van der Waals surface area contributed by atoms with Crippen LogP contribution >= 0.6 is 0 Å². The van der Waals surface area contributed by atoms with Crippen molar-refractivity contribution in [1.82, 2.24) is 20.2 Å². The van der Waals surface area contributed by atoms with Gasteiger partial charge >= 0.3 is 5.97 Å². The second-order valence-corrected chi connectivity index (χ2v) is 5.01. The highest BCUT2D eigenvalue weighted by molar-refractivity contribution is 5.67. The maximum Gasteiger partial charge on any atom is 0.305 e. The molecule has 1 heterocycles. The van der Waals surface area contributed by atoms with Crippen LogP contribution in [-0.4, -0.2) is 31.3 Å². The van der Waals surface area contributed by atoms with E-state index in [9.17, 15) is 13.6 Å². The summed E-state index contributed by atoms with van der Waals surface area (Å²) in [6.07, 6.45) is -0.187. The van der Waals surface area contributed by atoms with Crippen LogP contribution in [0.1, 0.15) is 26.3 Å². The molecule has 0 aliphatic carbocycles. The van der Waals surface area contributed by atoms with Gasteiger partial charge in [0, 0.05) is 11.6 Å². The van der Waals surface area contributed by atoms with E-state index in [0.717, 1.165) is 18.2 Å². The number of aromatic nitrogens is 4. The Kier molecular flexibility index (Phi) is 4.25. The number of rotatable bonds is 5. The maximum absolute atomic E-state index is 13.3. The number of hydrogen-bond donors (Lipinski definition) is 1. The third kappa shape index (κ3) is 3.39. The summed E-state index contributed by atoms with van der Waals surface area (Å²) in [5.41, 5.74) is 0.161. The van der Waals surface area contributed by atoms with Gasteiger partial charge in [-0.2, -0.15) is 0 Å². The number of carboxylic acids is 1. The molecule has 2 rings (SSSR count). The minimum absolute atomic E-state index is 0.0678. The van der Waals surface area contributed by atoms with Crippen LogP contribution in [0, 0.1) is 17.6 Å². The lowest BCUT2D eigenvalue weighted by molar-refractivity contribution is -0.138. The fourth-order valence-corrected chi connectivity index (χ4v) is 2.07. The fraction of sp³-hybridized carbons (Fsp3) is 0.385. The smallest absolute Gasteiger partial charge is 0.305 e. The Morgan fingerprint density at radius 2 is 1.90 bits per heavy atom. The molecule has 1 aromatic carbocycles. The van der Waals surface area contributed by atoms with Crippen molar-refractivity contribution in [3.05, 3.63) is 29.8 Å². The van der Waals surface area contributed by atoms with Crippen LogP contribution in [0.5, 0.6) is 0 Å². The molecular weight excluding hydrogens is 282 g/mol. The molecule has 1 atom stereocenters. The molecule has 0 fully saturated rings. The van der Waals surface area contributed by atoms with Gasteiger partial charge < -0.3 is 5.11 Å². The molecule has 6 nitrogen and oxygen atoms in total. The normalized spacial score (nSPS) is 12.6. The molecule has 21 heavy (non-hydrogen) atoms. The molecule has 1 aromatic heterocycles. The number of halogens is 2. The summed E-state index contributed by atoms with van der Waals surface area (Å²) in [5.74, 6) is -2.44. The van der Waals surface area contributed by atoms with E-state index in [2.05, 4.69) is 15.5 Å². The van der Waals surface area contributed by atoms with E-state index in [1.54, 1.807) is 0 Å². The third-order valence-electron chi connectivity index (χ3n) is 3.08. The van der Waals surface area contributed by atoms with Crippen molar-refractivity contribution in [1.29, 1.82) is 0 Å². The first kappa shape index (κ1) is 15.0. The van der Waals surface area contributed by atoms with Gasteiger partial charge in [0.1, 0.15) is 11.6 Å². The number of benzene rings is 1. The number of nitrogens with zero attached hydrogens (tertiary/aromatic N) is 4. The summed E-state index contributed by atoms with van der Waals surface area (Å²) in [6, 6.07) is 2.43. The Bertz CT molecular complexity index is 637. The molecule has 0 aliphatic heterocycles. The van der Waals surface area contributed by atoms with Crippen LogP contribution in [0.15, 0.2) is 18.2 Å². The lowest BCUT2D eigenvalue weighted by Gasteiger charge is -2.20. The number of tetrazole rings is 1. The minimum Gasteiger partial charge on any atom is -0.481 e. The van der Waals surface area contributed by atoms with Crippen LogP contribution < -0.4 is 0 Å².